The molecule has 0 aliphatic carbocycles. The molecule has 0 radical (unpaired) electrons. The van der Waals surface area contributed by atoms with Gasteiger partial charge in [0, 0.05) is 19.6 Å². The van der Waals surface area contributed by atoms with Crippen LogP contribution >= 0.6 is 7.82 Å². The first-order valence-electron chi connectivity index (χ1n) is 20.5. The number of nitrogens with two attached hydrogens (primary N) is 1. The second-order valence-electron chi connectivity index (χ2n) is 13.5. The van der Waals surface area contributed by atoms with Crippen LogP contribution in [0.3, 0.4) is 0 Å². The fourth-order valence-electron chi connectivity index (χ4n) is 5.49. The molecule has 0 aromatic carbocycles. The van der Waals surface area contributed by atoms with Crippen LogP contribution < -0.4 is 5.73 Å². The molecule has 0 aliphatic heterocycles. The summed E-state index contributed by atoms with van der Waals surface area (Å²) in [5.74, 6) is -0.341. The van der Waals surface area contributed by atoms with E-state index in [1.165, 1.54) is 116 Å². The van der Waals surface area contributed by atoms with Gasteiger partial charge in [0.15, 0.2) is 0 Å². The predicted octanol–water partition coefficient (Wildman–Crippen LogP) is 11.9. The smallest absolute Gasteiger partial charge is 0.457 e. The second-order valence-corrected chi connectivity index (χ2v) is 14.9. The highest BCUT2D eigenvalue weighted by atomic mass is 31.2. The lowest BCUT2D eigenvalue weighted by Crippen LogP contribution is -2.28. The summed E-state index contributed by atoms with van der Waals surface area (Å²) in [6.45, 7) is 4.86. The van der Waals surface area contributed by atoms with Gasteiger partial charge in [-0.15, -0.1) is 0 Å². The molecule has 0 rings (SSSR count). The Hall–Kier alpha value is -1.28. The van der Waals surface area contributed by atoms with Crippen LogP contribution in [0, 0.1) is 0 Å². The lowest BCUT2D eigenvalue weighted by Gasteiger charge is -2.20. The topological polar surface area (TPSA) is 117 Å². The number of carbonyl (C=O) groups is 1. The summed E-state index contributed by atoms with van der Waals surface area (Å²) in [6, 6.07) is 0. The second kappa shape index (κ2) is 38.9. The molecule has 2 unspecified atom stereocenters. The average molecular weight is 728 g/mol. The van der Waals surface area contributed by atoms with Crippen LogP contribution in [-0.4, -0.2) is 49.9 Å². The maximum atomic E-state index is 12.6. The Balaban J connectivity index is 4.08. The van der Waals surface area contributed by atoms with Crippen LogP contribution in [0.4, 0.5) is 0 Å². The first kappa shape index (κ1) is 48.7. The summed E-state index contributed by atoms with van der Waals surface area (Å²) < 4.78 is 33.4. The fraction of sp³-hybridized carbons (Fsp3) is 0.829. The quantitative estimate of drug-likeness (QED) is 0.0278. The molecule has 0 saturated heterocycles. The number of esters is 1. The van der Waals surface area contributed by atoms with E-state index in [9.17, 15) is 14.3 Å². The van der Waals surface area contributed by atoms with Crippen molar-refractivity contribution in [3.05, 3.63) is 36.5 Å². The average Bonchev–Trinajstić information content (AvgIpc) is 3.10. The van der Waals surface area contributed by atoms with Gasteiger partial charge in [-0.2, -0.15) is 0 Å². The molecule has 50 heavy (non-hydrogen) atoms. The molecule has 0 heterocycles. The van der Waals surface area contributed by atoms with Crippen molar-refractivity contribution in [3.8, 4) is 0 Å². The van der Waals surface area contributed by atoms with Crippen molar-refractivity contribution < 1.29 is 32.8 Å². The number of ether oxygens (including phenoxy) is 2. The summed E-state index contributed by atoms with van der Waals surface area (Å²) in [5, 5.41) is 0. The van der Waals surface area contributed by atoms with Gasteiger partial charge < -0.3 is 20.1 Å². The predicted molar refractivity (Wildman–Crippen MR) is 210 cm³/mol. The molecule has 0 bridgehead atoms. The Labute approximate surface area is 308 Å². The van der Waals surface area contributed by atoms with Crippen LogP contribution in [0.2, 0.25) is 0 Å². The van der Waals surface area contributed by atoms with Crippen molar-refractivity contribution in [1.29, 1.82) is 0 Å². The van der Waals surface area contributed by atoms with Crippen molar-refractivity contribution in [2.24, 2.45) is 5.73 Å². The monoisotopic (exact) mass is 728 g/mol. The highest BCUT2D eigenvalue weighted by Crippen LogP contribution is 2.43. The minimum atomic E-state index is -4.28. The maximum absolute atomic E-state index is 12.6. The Morgan fingerprint density at radius 3 is 1.62 bits per heavy atom. The van der Waals surface area contributed by atoms with Crippen molar-refractivity contribution in [2.75, 3.05) is 33.0 Å². The van der Waals surface area contributed by atoms with Crippen LogP contribution in [0.5, 0.6) is 0 Å². The van der Waals surface area contributed by atoms with E-state index in [0.717, 1.165) is 44.9 Å². The van der Waals surface area contributed by atoms with E-state index in [4.69, 9.17) is 24.3 Å². The van der Waals surface area contributed by atoms with Gasteiger partial charge in [-0.3, -0.25) is 13.8 Å². The number of hydrogen-bond acceptors (Lipinski definition) is 7. The molecular formula is C41H78NO7P. The van der Waals surface area contributed by atoms with Crippen molar-refractivity contribution in [2.45, 2.75) is 187 Å². The minimum Gasteiger partial charge on any atom is -0.457 e. The molecule has 0 spiro atoms. The van der Waals surface area contributed by atoms with Gasteiger partial charge in [0.05, 0.1) is 19.8 Å². The molecule has 8 nitrogen and oxygen atoms in total. The number of allylic oxidation sites excluding steroid dienone is 6. The van der Waals surface area contributed by atoms with Gasteiger partial charge in [0.2, 0.25) is 0 Å². The van der Waals surface area contributed by atoms with Crippen LogP contribution in [0.25, 0.3) is 0 Å². The van der Waals surface area contributed by atoms with Crippen LogP contribution in [0.15, 0.2) is 36.5 Å². The first-order valence-corrected chi connectivity index (χ1v) is 22.0. The first-order chi connectivity index (χ1) is 24.4. The lowest BCUT2D eigenvalue weighted by atomic mass is 10.1. The van der Waals surface area contributed by atoms with E-state index in [1.54, 1.807) is 0 Å². The normalized spacial score (nSPS) is 13.9. The Kier molecular flexibility index (Phi) is 37.9. The van der Waals surface area contributed by atoms with Crippen LogP contribution in [-0.2, 0) is 27.9 Å². The van der Waals surface area contributed by atoms with E-state index >= 15 is 0 Å². The van der Waals surface area contributed by atoms with Gasteiger partial charge in [-0.1, -0.05) is 140 Å². The zero-order chi connectivity index (χ0) is 36.6. The molecule has 2 atom stereocenters. The van der Waals surface area contributed by atoms with Gasteiger partial charge in [0.25, 0.3) is 0 Å². The molecule has 9 heteroatoms. The summed E-state index contributed by atoms with van der Waals surface area (Å²) in [4.78, 5) is 22.4. The highest BCUT2D eigenvalue weighted by molar-refractivity contribution is 7.47. The zero-order valence-corrected chi connectivity index (χ0v) is 33.3. The molecule has 0 fully saturated rings. The molecule has 0 aromatic rings. The summed E-state index contributed by atoms with van der Waals surface area (Å²) in [5.41, 5.74) is 5.36. The van der Waals surface area contributed by atoms with E-state index in [1.807, 2.05) is 0 Å². The number of hydrogen-bond donors (Lipinski definition) is 2. The number of rotatable bonds is 39. The summed E-state index contributed by atoms with van der Waals surface area (Å²) >= 11 is 0. The SMILES string of the molecule is CCCCC/C=C\C/C=C\CCCCCCCCCC(=O)OC(COCCCCCCCC/C=C\CCCCCC)COP(=O)(O)OCCN. The fourth-order valence-corrected chi connectivity index (χ4v) is 6.26. The summed E-state index contributed by atoms with van der Waals surface area (Å²) in [6.07, 6.45) is 42.9. The van der Waals surface area contributed by atoms with Crippen molar-refractivity contribution >= 4 is 13.8 Å². The zero-order valence-electron chi connectivity index (χ0n) is 32.4. The van der Waals surface area contributed by atoms with E-state index in [2.05, 4.69) is 50.3 Å². The van der Waals surface area contributed by atoms with Gasteiger partial charge in [0.1, 0.15) is 6.10 Å². The third-order valence-electron chi connectivity index (χ3n) is 8.53. The van der Waals surface area contributed by atoms with Gasteiger partial charge in [-0.05, 0) is 70.6 Å². The van der Waals surface area contributed by atoms with Crippen molar-refractivity contribution in [1.82, 2.24) is 0 Å². The third-order valence-corrected chi connectivity index (χ3v) is 9.51. The molecule has 0 saturated carbocycles. The molecule has 0 amide bonds. The standard InChI is InChI=1S/C41H78NO7P/c1-3-5-7-9-11-13-15-17-19-20-21-22-24-26-28-30-32-34-41(43)49-40(39-48-50(44,45)47-37-35-42)38-46-36-33-31-29-27-25-23-18-16-14-12-10-8-6-4-2/h11,13-14,16-17,19,40H,3-10,12,15,18,20-39,42H2,1-2H3,(H,44,45)/b13-11-,16-14-,19-17-. The summed E-state index contributed by atoms with van der Waals surface area (Å²) in [7, 11) is -4.28. The molecule has 0 aliphatic rings. The Morgan fingerprint density at radius 1 is 0.600 bits per heavy atom. The minimum absolute atomic E-state index is 0.0976. The number of phosphoric acid groups is 1. The van der Waals surface area contributed by atoms with Gasteiger partial charge in [-0.25, -0.2) is 4.57 Å². The molecular weight excluding hydrogens is 649 g/mol. The number of phosphoric ester groups is 1. The molecule has 0 aromatic heterocycles. The lowest BCUT2D eigenvalue weighted by molar-refractivity contribution is -0.154. The highest BCUT2D eigenvalue weighted by Gasteiger charge is 2.25. The third kappa shape index (κ3) is 38.0. The van der Waals surface area contributed by atoms with Crippen LogP contribution in [0.1, 0.15) is 181 Å². The van der Waals surface area contributed by atoms with Gasteiger partial charge >= 0.3 is 13.8 Å². The number of unbranched alkanes of at least 4 members (excludes halogenated alkanes) is 20. The molecule has 294 valence electrons. The van der Waals surface area contributed by atoms with E-state index in [0.29, 0.717) is 13.0 Å². The Morgan fingerprint density at radius 2 is 1.06 bits per heavy atom. The van der Waals surface area contributed by atoms with Crippen molar-refractivity contribution in [3.63, 3.8) is 0 Å². The Bertz CT molecular complexity index is 864. The molecule has 3 N–H and O–H groups in total. The number of carbonyl (C=O) groups excluding carboxylic acids is 1. The largest absolute Gasteiger partial charge is 0.472 e. The van der Waals surface area contributed by atoms with E-state index < -0.39 is 13.9 Å². The maximum Gasteiger partial charge on any atom is 0.472 e. The van der Waals surface area contributed by atoms with E-state index in [-0.39, 0.29) is 32.3 Å².